The molecule has 0 unspecified atom stereocenters. The minimum Gasteiger partial charge on any atom is -0.376 e. The van der Waals surface area contributed by atoms with Crippen LogP contribution in [0.5, 0.6) is 0 Å². The van der Waals surface area contributed by atoms with E-state index in [9.17, 15) is 5.11 Å². The van der Waals surface area contributed by atoms with Gasteiger partial charge in [0.05, 0.1) is 0 Å². The lowest BCUT2D eigenvalue weighted by Gasteiger charge is -2.30. The van der Waals surface area contributed by atoms with E-state index in [1.807, 2.05) is 84.9 Å². The molecule has 21 heavy (non-hydrogen) atoms. The average molecular weight is 386 g/mol. The van der Waals surface area contributed by atoms with Gasteiger partial charge in [0.2, 0.25) is 0 Å². The molecule has 0 aliphatic heterocycles. The van der Waals surface area contributed by atoms with E-state index >= 15 is 0 Å². The fraction of sp³-hybridized carbons (Fsp3) is 0.0526. The summed E-state index contributed by atoms with van der Waals surface area (Å²) in [5, 5.41) is 11.5. The zero-order valence-electron chi connectivity index (χ0n) is 11.4. The van der Waals surface area contributed by atoms with Crippen molar-refractivity contribution in [3.05, 3.63) is 105 Å². The second-order valence-electron chi connectivity index (χ2n) is 4.95. The van der Waals surface area contributed by atoms with Crippen molar-refractivity contribution in [3.8, 4) is 0 Å². The van der Waals surface area contributed by atoms with Crippen molar-refractivity contribution >= 4 is 22.6 Å². The number of hydrogen-bond acceptors (Lipinski definition) is 1. The SMILES string of the molecule is OC(c1ccccc1)(c1ccccc1)c1ccc(I)cc1. The molecule has 0 amide bonds. The topological polar surface area (TPSA) is 20.2 Å². The van der Waals surface area contributed by atoms with Gasteiger partial charge in [-0.15, -0.1) is 0 Å². The van der Waals surface area contributed by atoms with E-state index in [1.165, 1.54) is 0 Å². The molecule has 2 heteroatoms. The summed E-state index contributed by atoms with van der Waals surface area (Å²) in [5.74, 6) is 0. The average Bonchev–Trinajstić information content (AvgIpc) is 2.56. The van der Waals surface area contributed by atoms with Crippen LogP contribution in [0.2, 0.25) is 0 Å². The third-order valence-corrected chi connectivity index (χ3v) is 4.36. The monoisotopic (exact) mass is 386 g/mol. The van der Waals surface area contributed by atoms with Crippen molar-refractivity contribution in [1.29, 1.82) is 0 Å². The zero-order valence-corrected chi connectivity index (χ0v) is 13.6. The van der Waals surface area contributed by atoms with Gasteiger partial charge in [-0.2, -0.15) is 0 Å². The molecular weight excluding hydrogens is 371 g/mol. The summed E-state index contributed by atoms with van der Waals surface area (Å²) in [6.45, 7) is 0. The van der Waals surface area contributed by atoms with E-state index in [0.29, 0.717) is 0 Å². The maximum Gasteiger partial charge on any atom is 0.140 e. The van der Waals surface area contributed by atoms with Crippen LogP contribution in [0.1, 0.15) is 16.7 Å². The van der Waals surface area contributed by atoms with Gasteiger partial charge in [0.25, 0.3) is 0 Å². The Morgan fingerprint density at radius 3 is 1.38 bits per heavy atom. The molecule has 0 spiro atoms. The highest BCUT2D eigenvalue weighted by atomic mass is 127. The molecule has 3 rings (SSSR count). The van der Waals surface area contributed by atoms with E-state index in [2.05, 4.69) is 22.6 Å². The number of rotatable bonds is 3. The largest absolute Gasteiger partial charge is 0.376 e. The lowest BCUT2D eigenvalue weighted by Crippen LogP contribution is -2.28. The van der Waals surface area contributed by atoms with Crippen LogP contribution in [0.25, 0.3) is 0 Å². The molecule has 0 heterocycles. The normalized spacial score (nSPS) is 11.3. The van der Waals surface area contributed by atoms with E-state index in [-0.39, 0.29) is 0 Å². The standard InChI is InChI=1S/C19H15IO/c20-18-13-11-17(12-14-18)19(21,15-7-3-1-4-8-15)16-9-5-2-6-10-16/h1-14,21H. The molecule has 0 atom stereocenters. The molecule has 0 bridgehead atoms. The van der Waals surface area contributed by atoms with E-state index in [4.69, 9.17) is 0 Å². The second kappa shape index (κ2) is 6.00. The molecule has 1 nitrogen and oxygen atoms in total. The molecule has 0 saturated heterocycles. The van der Waals surface area contributed by atoms with Crippen molar-refractivity contribution in [3.63, 3.8) is 0 Å². The molecule has 1 N–H and O–H groups in total. The Balaban J connectivity index is 2.23. The summed E-state index contributed by atoms with van der Waals surface area (Å²) in [6.07, 6.45) is 0. The van der Waals surface area contributed by atoms with Gasteiger partial charge in [0.1, 0.15) is 5.60 Å². The Hall–Kier alpha value is -1.65. The highest BCUT2D eigenvalue weighted by molar-refractivity contribution is 14.1. The summed E-state index contributed by atoms with van der Waals surface area (Å²) in [7, 11) is 0. The fourth-order valence-corrected chi connectivity index (χ4v) is 2.91. The summed E-state index contributed by atoms with van der Waals surface area (Å²) in [5.41, 5.74) is 1.49. The van der Waals surface area contributed by atoms with Gasteiger partial charge in [0.15, 0.2) is 0 Å². The third kappa shape index (κ3) is 2.74. The summed E-state index contributed by atoms with van der Waals surface area (Å²) < 4.78 is 1.15. The Kier molecular flexibility index (Phi) is 4.08. The van der Waals surface area contributed by atoms with Crippen molar-refractivity contribution in [2.24, 2.45) is 0 Å². The molecule has 104 valence electrons. The van der Waals surface area contributed by atoms with Gasteiger partial charge in [-0.3, -0.25) is 0 Å². The van der Waals surface area contributed by atoms with Crippen LogP contribution < -0.4 is 0 Å². The fourth-order valence-electron chi connectivity index (χ4n) is 2.55. The maximum atomic E-state index is 11.5. The van der Waals surface area contributed by atoms with Gasteiger partial charge in [-0.05, 0) is 51.4 Å². The number of hydrogen-bond donors (Lipinski definition) is 1. The number of aliphatic hydroxyl groups is 1. The molecule has 0 radical (unpaired) electrons. The minimum absolute atomic E-state index is 0.873. The van der Waals surface area contributed by atoms with Crippen molar-refractivity contribution in [2.45, 2.75) is 5.60 Å². The van der Waals surface area contributed by atoms with Crippen LogP contribution in [0, 0.1) is 3.57 Å². The minimum atomic E-state index is -1.13. The molecular formula is C19H15IO. The summed E-state index contributed by atoms with van der Waals surface area (Å²) >= 11 is 2.27. The van der Waals surface area contributed by atoms with Gasteiger partial charge in [-0.1, -0.05) is 72.8 Å². The number of halogens is 1. The number of benzene rings is 3. The third-order valence-electron chi connectivity index (χ3n) is 3.65. The predicted octanol–water partition coefficient (Wildman–Crippen LogP) is 4.58. The van der Waals surface area contributed by atoms with Crippen molar-refractivity contribution in [1.82, 2.24) is 0 Å². The molecule has 0 aromatic heterocycles. The van der Waals surface area contributed by atoms with Gasteiger partial charge < -0.3 is 5.11 Å². The van der Waals surface area contributed by atoms with E-state index in [0.717, 1.165) is 20.3 Å². The van der Waals surface area contributed by atoms with Crippen molar-refractivity contribution < 1.29 is 5.11 Å². The van der Waals surface area contributed by atoms with Crippen LogP contribution in [0.4, 0.5) is 0 Å². The highest BCUT2D eigenvalue weighted by Crippen LogP contribution is 2.36. The van der Waals surface area contributed by atoms with Gasteiger partial charge in [-0.25, -0.2) is 0 Å². The Bertz CT molecular complexity index is 666. The first-order chi connectivity index (χ1) is 10.2. The Morgan fingerprint density at radius 1 is 0.571 bits per heavy atom. The molecule has 3 aromatic rings. The molecule has 0 aliphatic rings. The zero-order chi connectivity index (χ0) is 14.7. The first-order valence-electron chi connectivity index (χ1n) is 6.81. The first kappa shape index (κ1) is 14.3. The molecule has 0 fully saturated rings. The van der Waals surface area contributed by atoms with Crippen LogP contribution >= 0.6 is 22.6 Å². The Morgan fingerprint density at radius 2 is 0.952 bits per heavy atom. The summed E-state index contributed by atoms with van der Waals surface area (Å²) in [6, 6.07) is 27.6. The first-order valence-corrected chi connectivity index (χ1v) is 7.88. The predicted molar refractivity (Wildman–Crippen MR) is 94.1 cm³/mol. The van der Waals surface area contributed by atoms with E-state index in [1.54, 1.807) is 0 Å². The van der Waals surface area contributed by atoms with E-state index < -0.39 is 5.60 Å². The molecule has 0 saturated carbocycles. The molecule has 3 aromatic carbocycles. The lowest BCUT2D eigenvalue weighted by molar-refractivity contribution is 0.125. The highest BCUT2D eigenvalue weighted by Gasteiger charge is 2.33. The van der Waals surface area contributed by atoms with Crippen molar-refractivity contribution in [2.75, 3.05) is 0 Å². The van der Waals surface area contributed by atoms with Crippen LogP contribution in [-0.4, -0.2) is 5.11 Å². The summed E-state index contributed by atoms with van der Waals surface area (Å²) in [4.78, 5) is 0. The smallest absolute Gasteiger partial charge is 0.140 e. The second-order valence-corrected chi connectivity index (χ2v) is 6.19. The van der Waals surface area contributed by atoms with Crippen LogP contribution in [-0.2, 0) is 5.60 Å². The quantitative estimate of drug-likeness (QED) is 0.516. The maximum absolute atomic E-state index is 11.5. The lowest BCUT2D eigenvalue weighted by atomic mass is 9.80. The van der Waals surface area contributed by atoms with Gasteiger partial charge in [0, 0.05) is 3.57 Å². The molecule has 0 aliphatic carbocycles. The Labute approximate surface area is 138 Å². The van der Waals surface area contributed by atoms with Crippen LogP contribution in [0.3, 0.4) is 0 Å². The van der Waals surface area contributed by atoms with Crippen LogP contribution in [0.15, 0.2) is 84.9 Å². The van der Waals surface area contributed by atoms with Gasteiger partial charge >= 0.3 is 0 Å².